The first kappa shape index (κ1) is 12.4. The molecule has 3 rings (SSSR count). The van der Waals surface area contributed by atoms with Crippen LogP contribution in [-0.4, -0.2) is 25.7 Å². The molecule has 0 bridgehead atoms. The fourth-order valence-electron chi connectivity index (χ4n) is 2.09. The Morgan fingerprint density at radius 2 is 2.15 bits per heavy atom. The van der Waals surface area contributed by atoms with Gasteiger partial charge in [0.05, 0.1) is 28.6 Å². The number of carbonyl (C=O) groups is 1. The van der Waals surface area contributed by atoms with Gasteiger partial charge in [0.1, 0.15) is 5.82 Å². The fourth-order valence-corrected chi connectivity index (χ4v) is 2.09. The van der Waals surface area contributed by atoms with Crippen LogP contribution in [0.5, 0.6) is 0 Å². The van der Waals surface area contributed by atoms with Crippen molar-refractivity contribution in [2.24, 2.45) is 7.05 Å². The number of nitrogens with one attached hydrogen (secondary N) is 2. The first-order chi connectivity index (χ1) is 9.54. The maximum Gasteiger partial charge on any atom is 0.255 e. The van der Waals surface area contributed by atoms with E-state index in [0.29, 0.717) is 5.56 Å². The topological polar surface area (TPSA) is 75.6 Å². The fraction of sp³-hybridized carbons (Fsp3) is 0.214. The minimum absolute atomic E-state index is 0.157. The van der Waals surface area contributed by atoms with Gasteiger partial charge in [-0.1, -0.05) is 0 Å². The molecule has 20 heavy (non-hydrogen) atoms. The summed E-state index contributed by atoms with van der Waals surface area (Å²) in [7, 11) is 1.84. The van der Waals surface area contributed by atoms with E-state index in [1.165, 1.54) is 0 Å². The average Bonchev–Trinajstić information content (AvgIpc) is 2.93. The third-order valence-electron chi connectivity index (χ3n) is 3.35. The van der Waals surface area contributed by atoms with Crippen molar-refractivity contribution in [2.75, 3.05) is 5.32 Å². The lowest BCUT2D eigenvalue weighted by molar-refractivity contribution is 0.102. The van der Waals surface area contributed by atoms with Crippen LogP contribution in [0.15, 0.2) is 24.4 Å². The number of anilines is 1. The van der Waals surface area contributed by atoms with Gasteiger partial charge in [0.25, 0.3) is 5.91 Å². The van der Waals surface area contributed by atoms with Gasteiger partial charge in [-0.25, -0.2) is 4.98 Å². The summed E-state index contributed by atoms with van der Waals surface area (Å²) in [6, 6.07) is 5.41. The van der Waals surface area contributed by atoms with Gasteiger partial charge in [-0.3, -0.25) is 9.48 Å². The Hall–Kier alpha value is -2.63. The van der Waals surface area contributed by atoms with Crippen LogP contribution in [0.25, 0.3) is 11.0 Å². The second kappa shape index (κ2) is 4.48. The van der Waals surface area contributed by atoms with E-state index >= 15 is 0 Å². The Labute approximate surface area is 115 Å². The first-order valence-electron chi connectivity index (χ1n) is 6.31. The molecule has 1 aromatic carbocycles. The van der Waals surface area contributed by atoms with E-state index < -0.39 is 0 Å². The summed E-state index contributed by atoms with van der Waals surface area (Å²) in [6.45, 7) is 3.79. The van der Waals surface area contributed by atoms with E-state index in [4.69, 9.17) is 0 Å². The average molecular weight is 269 g/mol. The minimum atomic E-state index is -0.157. The van der Waals surface area contributed by atoms with Crippen LogP contribution in [0.4, 0.5) is 5.69 Å². The lowest BCUT2D eigenvalue weighted by Gasteiger charge is -2.04. The van der Waals surface area contributed by atoms with Crippen molar-refractivity contribution in [3.63, 3.8) is 0 Å². The zero-order chi connectivity index (χ0) is 14.3. The smallest absolute Gasteiger partial charge is 0.255 e. The lowest BCUT2D eigenvalue weighted by Crippen LogP contribution is -2.12. The third-order valence-corrected chi connectivity index (χ3v) is 3.35. The molecule has 6 heteroatoms. The number of amides is 1. The summed E-state index contributed by atoms with van der Waals surface area (Å²) in [5.41, 5.74) is 3.94. The summed E-state index contributed by atoms with van der Waals surface area (Å²) in [4.78, 5) is 19.7. The second-order valence-corrected chi connectivity index (χ2v) is 4.78. The van der Waals surface area contributed by atoms with Crippen LogP contribution in [0.2, 0.25) is 0 Å². The molecule has 0 saturated heterocycles. The predicted molar refractivity (Wildman–Crippen MR) is 76.7 cm³/mol. The Kier molecular flexibility index (Phi) is 2.78. The number of imidazole rings is 1. The van der Waals surface area contributed by atoms with E-state index in [1.54, 1.807) is 23.0 Å². The third kappa shape index (κ3) is 2.05. The first-order valence-corrected chi connectivity index (χ1v) is 6.31. The molecule has 2 N–H and O–H groups in total. The Morgan fingerprint density at radius 1 is 1.35 bits per heavy atom. The molecular weight excluding hydrogens is 254 g/mol. The number of aromatic nitrogens is 4. The zero-order valence-corrected chi connectivity index (χ0v) is 11.6. The molecule has 0 fully saturated rings. The van der Waals surface area contributed by atoms with Crippen molar-refractivity contribution in [1.82, 2.24) is 19.7 Å². The summed E-state index contributed by atoms with van der Waals surface area (Å²) in [5.74, 6) is 0.677. The van der Waals surface area contributed by atoms with E-state index in [1.807, 2.05) is 27.0 Å². The van der Waals surface area contributed by atoms with E-state index in [2.05, 4.69) is 20.4 Å². The predicted octanol–water partition coefficient (Wildman–Crippen LogP) is 2.17. The maximum absolute atomic E-state index is 12.2. The SMILES string of the molecule is Cc1nc2ccc(C(=O)Nc3cnn(C)c3C)cc2[nH]1. The van der Waals surface area contributed by atoms with Crippen molar-refractivity contribution < 1.29 is 4.79 Å². The minimum Gasteiger partial charge on any atom is -0.342 e. The molecule has 0 radical (unpaired) electrons. The highest BCUT2D eigenvalue weighted by Crippen LogP contribution is 2.17. The number of carbonyl (C=O) groups excluding carboxylic acids is 1. The molecule has 2 aromatic heterocycles. The van der Waals surface area contributed by atoms with Gasteiger partial charge >= 0.3 is 0 Å². The standard InChI is InChI=1S/C14H15N5O/c1-8-13(7-15-19(8)3)18-14(20)10-4-5-11-12(6-10)17-9(2)16-11/h4-7H,1-3H3,(H,16,17)(H,18,20). The molecule has 0 spiro atoms. The van der Waals surface area contributed by atoms with Gasteiger partial charge in [-0.15, -0.1) is 0 Å². The number of H-pyrrole nitrogens is 1. The van der Waals surface area contributed by atoms with Crippen LogP contribution >= 0.6 is 0 Å². The highest BCUT2D eigenvalue weighted by atomic mass is 16.1. The zero-order valence-electron chi connectivity index (χ0n) is 11.6. The van der Waals surface area contributed by atoms with Crippen molar-refractivity contribution in [1.29, 1.82) is 0 Å². The van der Waals surface area contributed by atoms with E-state index in [-0.39, 0.29) is 5.91 Å². The van der Waals surface area contributed by atoms with E-state index in [9.17, 15) is 4.79 Å². The number of rotatable bonds is 2. The quantitative estimate of drug-likeness (QED) is 0.748. The normalized spacial score (nSPS) is 10.9. The Bertz CT molecular complexity index is 799. The van der Waals surface area contributed by atoms with Crippen LogP contribution in [0, 0.1) is 13.8 Å². The van der Waals surface area contributed by atoms with Gasteiger partial charge in [-0.2, -0.15) is 5.10 Å². The van der Waals surface area contributed by atoms with Gasteiger partial charge in [-0.05, 0) is 32.0 Å². The highest BCUT2D eigenvalue weighted by Gasteiger charge is 2.11. The largest absolute Gasteiger partial charge is 0.342 e. The molecule has 102 valence electrons. The molecular formula is C14H15N5O. The maximum atomic E-state index is 12.2. The number of aromatic amines is 1. The van der Waals surface area contributed by atoms with Crippen molar-refractivity contribution in [3.05, 3.63) is 41.5 Å². The number of hydrogen-bond acceptors (Lipinski definition) is 3. The number of aryl methyl sites for hydroxylation is 2. The molecule has 0 aliphatic carbocycles. The molecule has 2 heterocycles. The van der Waals surface area contributed by atoms with Crippen molar-refractivity contribution in [2.45, 2.75) is 13.8 Å². The van der Waals surface area contributed by atoms with Crippen LogP contribution in [0.1, 0.15) is 21.9 Å². The molecule has 3 aromatic rings. The molecule has 0 aliphatic heterocycles. The van der Waals surface area contributed by atoms with Crippen LogP contribution in [0.3, 0.4) is 0 Å². The second-order valence-electron chi connectivity index (χ2n) is 4.78. The molecule has 0 unspecified atom stereocenters. The van der Waals surface area contributed by atoms with Gasteiger partial charge in [0.15, 0.2) is 0 Å². The number of hydrogen-bond donors (Lipinski definition) is 2. The number of benzene rings is 1. The molecule has 6 nitrogen and oxygen atoms in total. The van der Waals surface area contributed by atoms with Crippen LogP contribution in [-0.2, 0) is 7.05 Å². The number of fused-ring (bicyclic) bond motifs is 1. The van der Waals surface area contributed by atoms with Crippen molar-refractivity contribution >= 4 is 22.6 Å². The van der Waals surface area contributed by atoms with Gasteiger partial charge in [0, 0.05) is 12.6 Å². The summed E-state index contributed by atoms with van der Waals surface area (Å²) < 4.78 is 1.72. The summed E-state index contributed by atoms with van der Waals surface area (Å²) >= 11 is 0. The van der Waals surface area contributed by atoms with E-state index in [0.717, 1.165) is 28.2 Å². The summed E-state index contributed by atoms with van der Waals surface area (Å²) in [5, 5.41) is 6.96. The monoisotopic (exact) mass is 269 g/mol. The highest BCUT2D eigenvalue weighted by molar-refractivity contribution is 6.06. The summed E-state index contributed by atoms with van der Waals surface area (Å²) in [6.07, 6.45) is 1.64. The molecule has 0 saturated carbocycles. The van der Waals surface area contributed by atoms with Crippen molar-refractivity contribution in [3.8, 4) is 0 Å². The van der Waals surface area contributed by atoms with Gasteiger partial charge in [0.2, 0.25) is 0 Å². The Balaban J connectivity index is 1.90. The molecule has 1 amide bonds. The number of nitrogens with zero attached hydrogens (tertiary/aromatic N) is 3. The van der Waals surface area contributed by atoms with Gasteiger partial charge < -0.3 is 10.3 Å². The van der Waals surface area contributed by atoms with Crippen LogP contribution < -0.4 is 5.32 Å². The lowest BCUT2D eigenvalue weighted by atomic mass is 10.2. The molecule has 0 aliphatic rings. The molecule has 0 atom stereocenters. The Morgan fingerprint density at radius 3 is 2.85 bits per heavy atom.